The van der Waals surface area contributed by atoms with Gasteiger partial charge in [0.15, 0.2) is 5.65 Å². The van der Waals surface area contributed by atoms with E-state index in [0.29, 0.717) is 41.7 Å². The first kappa shape index (κ1) is 19.9. The van der Waals surface area contributed by atoms with Crippen LogP contribution in [0.4, 0.5) is 13.2 Å². The highest BCUT2D eigenvalue weighted by molar-refractivity contribution is 7.13. The van der Waals surface area contributed by atoms with Gasteiger partial charge in [0.2, 0.25) is 0 Å². The standard InChI is InChI=1S/C20H21F3N4OS/c1-2-27-18-15(11-24-27)14(10-16(26-18)17-7-4-8-29-17)19(28)25-13-6-3-5-12(9-13)20(21,22)23/h4,7-8,10-13H,2-3,5-6,9H2,1H3,(H,25,28). The maximum absolute atomic E-state index is 13.1. The lowest BCUT2D eigenvalue weighted by Gasteiger charge is -2.31. The van der Waals surface area contributed by atoms with Crippen molar-refractivity contribution in [3.63, 3.8) is 0 Å². The SMILES string of the molecule is CCn1ncc2c(C(=O)NC3CCCC(C(F)(F)F)C3)cc(-c3cccs3)nc21. The number of fused-ring (bicyclic) bond motifs is 1. The van der Waals surface area contributed by atoms with Crippen LogP contribution in [0, 0.1) is 5.92 Å². The lowest BCUT2D eigenvalue weighted by atomic mass is 9.85. The molecular formula is C20H21F3N4OS. The van der Waals surface area contributed by atoms with Crippen LogP contribution in [0.25, 0.3) is 21.6 Å². The van der Waals surface area contributed by atoms with Crippen LogP contribution in [0.15, 0.2) is 29.8 Å². The number of amides is 1. The number of nitrogens with zero attached hydrogens (tertiary/aromatic N) is 3. The molecule has 4 rings (SSSR count). The fourth-order valence-corrected chi connectivity index (χ4v) is 4.58. The Labute approximate surface area is 169 Å². The van der Waals surface area contributed by atoms with Gasteiger partial charge in [0, 0.05) is 12.6 Å². The lowest BCUT2D eigenvalue weighted by molar-refractivity contribution is -0.183. The van der Waals surface area contributed by atoms with E-state index in [4.69, 9.17) is 0 Å². The first-order valence-corrected chi connectivity index (χ1v) is 10.5. The number of alkyl halides is 3. The van der Waals surface area contributed by atoms with E-state index in [-0.39, 0.29) is 18.7 Å². The molecule has 3 heterocycles. The number of aryl methyl sites for hydroxylation is 1. The molecule has 0 aliphatic heterocycles. The van der Waals surface area contributed by atoms with E-state index < -0.39 is 18.1 Å². The number of halogens is 3. The van der Waals surface area contributed by atoms with E-state index >= 15 is 0 Å². The number of nitrogens with one attached hydrogen (secondary N) is 1. The molecule has 0 spiro atoms. The van der Waals surface area contributed by atoms with Crippen LogP contribution in [-0.2, 0) is 6.54 Å². The summed E-state index contributed by atoms with van der Waals surface area (Å²) < 4.78 is 41.0. The average Bonchev–Trinajstić information content (AvgIpc) is 3.36. The fourth-order valence-electron chi connectivity index (χ4n) is 3.90. The van der Waals surface area contributed by atoms with Gasteiger partial charge in [-0.25, -0.2) is 9.67 Å². The summed E-state index contributed by atoms with van der Waals surface area (Å²) in [5, 5.41) is 9.66. The molecular weight excluding hydrogens is 401 g/mol. The average molecular weight is 422 g/mol. The van der Waals surface area contributed by atoms with Crippen molar-refractivity contribution in [1.29, 1.82) is 0 Å². The molecule has 2 unspecified atom stereocenters. The Bertz CT molecular complexity index is 1010. The quantitative estimate of drug-likeness (QED) is 0.642. The normalized spacial score (nSPS) is 20.1. The summed E-state index contributed by atoms with van der Waals surface area (Å²) in [7, 11) is 0. The monoisotopic (exact) mass is 422 g/mol. The highest BCUT2D eigenvalue weighted by atomic mass is 32.1. The number of carbonyl (C=O) groups excluding carboxylic acids is 1. The first-order valence-electron chi connectivity index (χ1n) is 9.64. The molecule has 0 bridgehead atoms. The van der Waals surface area contributed by atoms with Crippen LogP contribution in [0.2, 0.25) is 0 Å². The summed E-state index contributed by atoms with van der Waals surface area (Å²) in [6, 6.07) is 5.04. The molecule has 0 radical (unpaired) electrons. The molecule has 1 aliphatic carbocycles. The molecule has 3 aromatic rings. The minimum atomic E-state index is -4.22. The van der Waals surface area contributed by atoms with E-state index in [0.717, 1.165) is 4.88 Å². The van der Waals surface area contributed by atoms with Gasteiger partial charge in [0.25, 0.3) is 5.91 Å². The molecule has 9 heteroatoms. The third-order valence-electron chi connectivity index (χ3n) is 5.40. The van der Waals surface area contributed by atoms with Crippen molar-refractivity contribution in [3.8, 4) is 10.6 Å². The highest BCUT2D eigenvalue weighted by Crippen LogP contribution is 2.37. The van der Waals surface area contributed by atoms with Crippen molar-refractivity contribution in [2.45, 2.75) is 51.4 Å². The van der Waals surface area contributed by atoms with Crippen LogP contribution in [0.3, 0.4) is 0 Å². The molecule has 3 aromatic heterocycles. The second-order valence-corrected chi connectivity index (χ2v) is 8.25. The summed E-state index contributed by atoms with van der Waals surface area (Å²) in [5.41, 5.74) is 1.65. The van der Waals surface area contributed by atoms with Gasteiger partial charge in [-0.15, -0.1) is 11.3 Å². The van der Waals surface area contributed by atoms with Gasteiger partial charge in [-0.05, 0) is 43.7 Å². The van der Waals surface area contributed by atoms with Crippen LogP contribution in [-0.4, -0.2) is 32.9 Å². The van der Waals surface area contributed by atoms with Crippen molar-refractivity contribution in [1.82, 2.24) is 20.1 Å². The molecule has 0 aromatic carbocycles. The van der Waals surface area contributed by atoms with Gasteiger partial charge in [-0.1, -0.05) is 12.5 Å². The van der Waals surface area contributed by atoms with Crippen molar-refractivity contribution in [2.75, 3.05) is 0 Å². The van der Waals surface area contributed by atoms with Crippen LogP contribution >= 0.6 is 11.3 Å². The van der Waals surface area contributed by atoms with Crippen LogP contribution in [0.1, 0.15) is 43.0 Å². The Morgan fingerprint density at radius 1 is 1.38 bits per heavy atom. The fraction of sp³-hybridized carbons (Fsp3) is 0.450. The van der Waals surface area contributed by atoms with E-state index in [2.05, 4.69) is 15.4 Å². The number of carbonyl (C=O) groups is 1. The Morgan fingerprint density at radius 2 is 2.21 bits per heavy atom. The molecule has 2 atom stereocenters. The number of thiophene rings is 1. The van der Waals surface area contributed by atoms with Crippen LogP contribution in [0.5, 0.6) is 0 Å². The first-order chi connectivity index (χ1) is 13.9. The van der Waals surface area contributed by atoms with Gasteiger partial charge < -0.3 is 5.32 Å². The van der Waals surface area contributed by atoms with Gasteiger partial charge in [-0.2, -0.15) is 18.3 Å². The number of pyridine rings is 1. The van der Waals surface area contributed by atoms with Gasteiger partial charge in [-0.3, -0.25) is 4.79 Å². The van der Waals surface area contributed by atoms with Crippen molar-refractivity contribution in [2.24, 2.45) is 5.92 Å². The number of hydrogen-bond acceptors (Lipinski definition) is 4. The predicted molar refractivity (Wildman–Crippen MR) is 106 cm³/mol. The van der Waals surface area contributed by atoms with E-state index in [1.54, 1.807) is 16.9 Å². The molecule has 5 nitrogen and oxygen atoms in total. The molecule has 1 aliphatic rings. The molecule has 29 heavy (non-hydrogen) atoms. The smallest absolute Gasteiger partial charge is 0.349 e. The largest absolute Gasteiger partial charge is 0.391 e. The van der Waals surface area contributed by atoms with Gasteiger partial charge in [0.05, 0.1) is 33.6 Å². The number of hydrogen-bond donors (Lipinski definition) is 1. The molecule has 1 saturated carbocycles. The summed E-state index contributed by atoms with van der Waals surface area (Å²) in [6.07, 6.45) is -1.56. The molecule has 154 valence electrons. The van der Waals surface area contributed by atoms with E-state index in [1.165, 1.54) is 11.3 Å². The Morgan fingerprint density at radius 3 is 2.90 bits per heavy atom. The number of rotatable bonds is 4. The molecule has 0 saturated heterocycles. The second-order valence-electron chi connectivity index (χ2n) is 7.31. The van der Waals surface area contributed by atoms with E-state index in [9.17, 15) is 18.0 Å². The summed E-state index contributed by atoms with van der Waals surface area (Å²) >= 11 is 1.51. The topological polar surface area (TPSA) is 59.8 Å². The zero-order valence-electron chi connectivity index (χ0n) is 15.9. The summed E-state index contributed by atoms with van der Waals surface area (Å²) in [5.74, 6) is -1.73. The summed E-state index contributed by atoms with van der Waals surface area (Å²) in [6.45, 7) is 2.53. The van der Waals surface area contributed by atoms with Crippen molar-refractivity contribution < 1.29 is 18.0 Å². The summed E-state index contributed by atoms with van der Waals surface area (Å²) in [4.78, 5) is 18.6. The second kappa shape index (κ2) is 7.78. The third kappa shape index (κ3) is 4.01. The number of aromatic nitrogens is 3. The maximum atomic E-state index is 13.1. The van der Waals surface area contributed by atoms with Crippen molar-refractivity contribution >= 4 is 28.3 Å². The Kier molecular flexibility index (Phi) is 5.33. The van der Waals surface area contributed by atoms with Crippen LogP contribution < -0.4 is 5.32 Å². The van der Waals surface area contributed by atoms with E-state index in [1.807, 2.05) is 24.4 Å². The third-order valence-corrected chi connectivity index (χ3v) is 6.29. The molecule has 1 N–H and O–H groups in total. The molecule has 1 amide bonds. The Hall–Kier alpha value is -2.42. The van der Waals surface area contributed by atoms with Gasteiger partial charge in [0.1, 0.15) is 0 Å². The Balaban J connectivity index is 1.66. The zero-order valence-corrected chi connectivity index (χ0v) is 16.7. The minimum Gasteiger partial charge on any atom is -0.349 e. The highest BCUT2D eigenvalue weighted by Gasteiger charge is 2.42. The van der Waals surface area contributed by atoms with Gasteiger partial charge >= 0.3 is 6.18 Å². The zero-order chi connectivity index (χ0) is 20.6. The molecule has 1 fully saturated rings. The minimum absolute atomic E-state index is 0.0739. The van der Waals surface area contributed by atoms with Crippen molar-refractivity contribution in [3.05, 3.63) is 35.3 Å². The lowest BCUT2D eigenvalue weighted by Crippen LogP contribution is -2.41. The maximum Gasteiger partial charge on any atom is 0.391 e. The predicted octanol–water partition coefficient (Wildman–Crippen LogP) is 5.03.